The van der Waals surface area contributed by atoms with Crippen molar-refractivity contribution in [3.8, 4) is 11.5 Å². The first kappa shape index (κ1) is 19.5. The molecule has 8 heteroatoms. The number of H-pyrrole nitrogens is 1. The summed E-state index contributed by atoms with van der Waals surface area (Å²) in [6, 6.07) is 10.5. The van der Waals surface area contributed by atoms with Crippen molar-refractivity contribution < 1.29 is 19.1 Å². The summed E-state index contributed by atoms with van der Waals surface area (Å²) in [5, 5.41) is 1.04. The summed E-state index contributed by atoms with van der Waals surface area (Å²) in [6.45, 7) is 1.68. The van der Waals surface area contributed by atoms with E-state index in [-0.39, 0.29) is 24.4 Å². The first-order chi connectivity index (χ1) is 14.5. The Bertz CT molecular complexity index is 1190. The summed E-state index contributed by atoms with van der Waals surface area (Å²) in [5.74, 6) is 0.720. The lowest BCUT2D eigenvalue weighted by atomic mass is 9.86. The normalized spacial score (nSPS) is 19.8. The molecule has 1 amide bonds. The lowest BCUT2D eigenvalue weighted by Gasteiger charge is -2.41. The van der Waals surface area contributed by atoms with E-state index in [2.05, 4.69) is 20.9 Å². The van der Waals surface area contributed by atoms with Gasteiger partial charge < -0.3 is 19.4 Å². The lowest BCUT2D eigenvalue weighted by molar-refractivity contribution is -0.139. The maximum atomic E-state index is 12.9. The van der Waals surface area contributed by atoms with Crippen LogP contribution in [0.1, 0.15) is 29.8 Å². The molecule has 0 bridgehead atoms. The Morgan fingerprint density at radius 3 is 2.77 bits per heavy atom. The minimum Gasteiger partial charge on any atom is -0.454 e. The molecule has 3 heterocycles. The van der Waals surface area contributed by atoms with Gasteiger partial charge in [0.15, 0.2) is 17.3 Å². The fraction of sp³-hybridized carbons (Fsp3) is 0.273. The molecule has 1 N–H and O–H groups in total. The molecule has 2 aliphatic rings. The number of carbonyl (C=O) groups is 2. The number of hydrogen-bond acceptors (Lipinski definition) is 4. The second kappa shape index (κ2) is 7.32. The Morgan fingerprint density at radius 2 is 2.00 bits per heavy atom. The highest BCUT2D eigenvalue weighted by Crippen LogP contribution is 2.44. The van der Waals surface area contributed by atoms with Gasteiger partial charge in [-0.05, 0) is 42.3 Å². The number of aromatic nitrogens is 1. The van der Waals surface area contributed by atoms with Gasteiger partial charge in [-0.15, -0.1) is 11.6 Å². The summed E-state index contributed by atoms with van der Waals surface area (Å²) >= 11 is 9.48. The van der Waals surface area contributed by atoms with Crippen LogP contribution in [0.3, 0.4) is 0 Å². The van der Waals surface area contributed by atoms with Crippen LogP contribution in [-0.4, -0.2) is 40.3 Å². The zero-order valence-corrected chi connectivity index (χ0v) is 18.4. The summed E-state index contributed by atoms with van der Waals surface area (Å²) in [7, 11) is 0. The highest BCUT2D eigenvalue weighted by Gasteiger charge is 2.42. The van der Waals surface area contributed by atoms with Crippen molar-refractivity contribution in [1.82, 2.24) is 9.88 Å². The minimum atomic E-state index is -0.596. The predicted octanol–water partition coefficient (Wildman–Crippen LogP) is 4.33. The van der Waals surface area contributed by atoms with E-state index < -0.39 is 12.1 Å². The number of benzene rings is 2. The van der Waals surface area contributed by atoms with E-state index in [4.69, 9.17) is 21.1 Å². The van der Waals surface area contributed by atoms with E-state index in [1.54, 1.807) is 4.90 Å². The Kier molecular flexibility index (Phi) is 4.75. The highest BCUT2D eigenvalue weighted by atomic mass is 79.9. The molecule has 6 nitrogen and oxygen atoms in total. The second-order valence-electron chi connectivity index (χ2n) is 7.49. The third kappa shape index (κ3) is 2.99. The topological polar surface area (TPSA) is 71.6 Å². The summed E-state index contributed by atoms with van der Waals surface area (Å²) in [5.41, 5.74) is 3.70. The lowest BCUT2D eigenvalue weighted by Crippen LogP contribution is -2.51. The van der Waals surface area contributed by atoms with Gasteiger partial charge in [-0.1, -0.05) is 28.1 Å². The van der Waals surface area contributed by atoms with Crippen molar-refractivity contribution in [2.75, 3.05) is 12.7 Å². The van der Waals surface area contributed by atoms with Crippen molar-refractivity contribution in [2.45, 2.75) is 25.4 Å². The van der Waals surface area contributed by atoms with E-state index >= 15 is 0 Å². The Balaban J connectivity index is 1.76. The number of rotatable bonds is 3. The van der Waals surface area contributed by atoms with Gasteiger partial charge in [-0.2, -0.15) is 0 Å². The van der Waals surface area contributed by atoms with Crippen molar-refractivity contribution in [1.29, 1.82) is 0 Å². The standard InChI is InChI=1S/C22H18BrClN2O4/c1-11(27)17-8-15-14-4-3-13(23)7-16(14)25-21(15)22(26(17)20(28)9-24)12-2-5-18-19(6-12)30-10-29-18/h2-7,17,22,25H,8-10H2,1H3/t17-,22-/m1/s1. The average Bonchev–Trinajstić information content (AvgIpc) is 3.34. The molecule has 0 aliphatic carbocycles. The Labute approximate surface area is 186 Å². The molecule has 0 saturated heterocycles. The molecule has 0 saturated carbocycles. The number of amides is 1. The number of ether oxygens (including phenoxy) is 2. The molecule has 0 fully saturated rings. The summed E-state index contributed by atoms with van der Waals surface area (Å²) in [4.78, 5) is 30.7. The van der Waals surface area contributed by atoms with Crippen LogP contribution in [0.25, 0.3) is 10.9 Å². The number of hydrogen-bond donors (Lipinski definition) is 1. The monoisotopic (exact) mass is 488 g/mol. The molecule has 1 aromatic heterocycles. The molecule has 0 spiro atoms. The van der Waals surface area contributed by atoms with E-state index in [9.17, 15) is 9.59 Å². The number of ketones is 1. The number of fused-ring (bicyclic) bond motifs is 4. The smallest absolute Gasteiger partial charge is 0.238 e. The van der Waals surface area contributed by atoms with Crippen molar-refractivity contribution >= 4 is 50.1 Å². The Hall–Kier alpha value is -2.51. The van der Waals surface area contributed by atoms with Gasteiger partial charge in [0, 0.05) is 27.5 Å². The second-order valence-corrected chi connectivity index (χ2v) is 8.67. The molecule has 3 aromatic rings. The van der Waals surface area contributed by atoms with Crippen LogP contribution in [-0.2, 0) is 16.0 Å². The number of alkyl halides is 1. The molecule has 2 aliphatic heterocycles. The molecular formula is C22H18BrClN2O4. The number of Topliss-reactive ketones (excluding diaryl/α,β-unsaturated/α-hetero) is 1. The van der Waals surface area contributed by atoms with Gasteiger partial charge in [-0.3, -0.25) is 9.59 Å². The number of carbonyl (C=O) groups excluding carboxylic acids is 2. The van der Waals surface area contributed by atoms with Crippen LogP contribution in [0.2, 0.25) is 0 Å². The SMILES string of the molecule is CC(=O)[C@H]1Cc2c([nH]c3cc(Br)ccc23)[C@@H](c2ccc3c(c2)OCO3)N1C(=O)CCl. The van der Waals surface area contributed by atoms with E-state index in [0.717, 1.165) is 32.2 Å². The fourth-order valence-corrected chi connectivity index (χ4v) is 4.95. The molecule has 154 valence electrons. The van der Waals surface area contributed by atoms with Crippen LogP contribution in [0.15, 0.2) is 40.9 Å². The third-order valence-electron chi connectivity index (χ3n) is 5.77. The van der Waals surface area contributed by atoms with Crippen molar-refractivity contribution in [3.05, 3.63) is 57.7 Å². The van der Waals surface area contributed by atoms with Gasteiger partial charge in [0.25, 0.3) is 0 Å². The van der Waals surface area contributed by atoms with Crippen LogP contribution in [0, 0.1) is 0 Å². The van der Waals surface area contributed by atoms with Gasteiger partial charge in [-0.25, -0.2) is 0 Å². The number of nitrogens with one attached hydrogen (secondary N) is 1. The fourth-order valence-electron chi connectivity index (χ4n) is 4.45. The maximum absolute atomic E-state index is 12.9. The zero-order chi connectivity index (χ0) is 21.0. The van der Waals surface area contributed by atoms with E-state index in [1.807, 2.05) is 36.4 Å². The Morgan fingerprint density at radius 1 is 1.20 bits per heavy atom. The summed E-state index contributed by atoms with van der Waals surface area (Å²) < 4.78 is 11.9. The van der Waals surface area contributed by atoms with Crippen LogP contribution < -0.4 is 9.47 Å². The van der Waals surface area contributed by atoms with Crippen molar-refractivity contribution in [2.24, 2.45) is 0 Å². The van der Waals surface area contributed by atoms with Gasteiger partial charge in [0.05, 0.1) is 12.1 Å². The molecule has 0 radical (unpaired) electrons. The quantitative estimate of drug-likeness (QED) is 0.556. The summed E-state index contributed by atoms with van der Waals surface area (Å²) in [6.07, 6.45) is 0.440. The van der Waals surface area contributed by atoms with Crippen LogP contribution in [0.4, 0.5) is 0 Å². The van der Waals surface area contributed by atoms with Crippen molar-refractivity contribution in [3.63, 3.8) is 0 Å². The zero-order valence-electron chi connectivity index (χ0n) is 16.1. The van der Waals surface area contributed by atoms with Gasteiger partial charge in [0.1, 0.15) is 5.88 Å². The number of aromatic amines is 1. The predicted molar refractivity (Wildman–Crippen MR) is 116 cm³/mol. The molecular weight excluding hydrogens is 472 g/mol. The molecule has 0 unspecified atom stereocenters. The van der Waals surface area contributed by atoms with E-state index in [0.29, 0.717) is 17.9 Å². The largest absolute Gasteiger partial charge is 0.454 e. The first-order valence-corrected chi connectivity index (χ1v) is 10.9. The molecule has 30 heavy (non-hydrogen) atoms. The minimum absolute atomic E-state index is 0.0729. The molecule has 5 rings (SSSR count). The highest BCUT2D eigenvalue weighted by molar-refractivity contribution is 9.10. The number of halogens is 2. The number of nitrogens with zero attached hydrogens (tertiary/aromatic N) is 1. The van der Waals surface area contributed by atoms with Crippen LogP contribution in [0.5, 0.6) is 11.5 Å². The first-order valence-electron chi connectivity index (χ1n) is 9.55. The van der Waals surface area contributed by atoms with Gasteiger partial charge in [0.2, 0.25) is 12.7 Å². The third-order valence-corrected chi connectivity index (χ3v) is 6.49. The van der Waals surface area contributed by atoms with Gasteiger partial charge >= 0.3 is 0 Å². The van der Waals surface area contributed by atoms with E-state index in [1.165, 1.54) is 6.92 Å². The maximum Gasteiger partial charge on any atom is 0.238 e. The molecule has 2 aromatic carbocycles. The average molecular weight is 490 g/mol. The molecule has 2 atom stereocenters. The van der Waals surface area contributed by atoms with Crippen LogP contribution >= 0.6 is 27.5 Å².